The summed E-state index contributed by atoms with van der Waals surface area (Å²) in [5.74, 6) is 2.13. The number of hydrogen-bond donors (Lipinski definition) is 1. The maximum atomic E-state index is 12.8. The van der Waals surface area contributed by atoms with E-state index in [-0.39, 0.29) is 12.1 Å². The summed E-state index contributed by atoms with van der Waals surface area (Å²) in [6.07, 6.45) is 0.112. The molecule has 1 aliphatic heterocycles. The molecule has 2 aromatic rings. The molecule has 1 fully saturated rings. The summed E-state index contributed by atoms with van der Waals surface area (Å²) in [6.45, 7) is 6.75. The van der Waals surface area contributed by atoms with Crippen molar-refractivity contribution in [3.8, 4) is 17.2 Å². The van der Waals surface area contributed by atoms with Gasteiger partial charge in [-0.3, -0.25) is 0 Å². The summed E-state index contributed by atoms with van der Waals surface area (Å²) in [7, 11) is 3.17. The molecule has 1 N–H and O–H groups in total. The highest BCUT2D eigenvalue weighted by Crippen LogP contribution is 2.31. The number of hydrogen-bond acceptors (Lipinski definition) is 5. The second-order valence-electron chi connectivity index (χ2n) is 7.10. The van der Waals surface area contributed by atoms with Crippen LogP contribution in [0.25, 0.3) is 0 Å². The maximum Gasteiger partial charge on any atom is 0.322 e. The van der Waals surface area contributed by atoms with Crippen LogP contribution in [-0.2, 0) is 0 Å². The van der Waals surface area contributed by atoms with Gasteiger partial charge in [0.25, 0.3) is 0 Å². The molecule has 7 heteroatoms. The van der Waals surface area contributed by atoms with E-state index in [1.807, 2.05) is 32.0 Å². The van der Waals surface area contributed by atoms with E-state index in [1.165, 1.54) is 0 Å². The van der Waals surface area contributed by atoms with Gasteiger partial charge in [-0.2, -0.15) is 0 Å². The van der Waals surface area contributed by atoms with Crippen LogP contribution in [0.1, 0.15) is 13.8 Å². The van der Waals surface area contributed by atoms with Gasteiger partial charge in [0, 0.05) is 32.2 Å². The lowest BCUT2D eigenvalue weighted by Crippen LogP contribution is -2.50. The highest BCUT2D eigenvalue weighted by Gasteiger charge is 2.24. The van der Waals surface area contributed by atoms with Gasteiger partial charge >= 0.3 is 6.03 Å². The molecule has 0 spiro atoms. The number of carbonyl (C=O) groups excluding carboxylic acids is 1. The number of benzene rings is 2. The minimum atomic E-state index is -0.150. The number of anilines is 2. The number of urea groups is 1. The van der Waals surface area contributed by atoms with E-state index in [2.05, 4.69) is 16.3 Å². The van der Waals surface area contributed by atoms with E-state index in [1.54, 1.807) is 37.3 Å². The molecule has 3 rings (SSSR count). The monoisotopic (exact) mass is 399 g/mol. The predicted molar refractivity (Wildman–Crippen MR) is 115 cm³/mol. The molecule has 0 atom stereocenters. The Morgan fingerprint density at radius 1 is 0.966 bits per heavy atom. The van der Waals surface area contributed by atoms with Crippen molar-refractivity contribution in [2.75, 3.05) is 50.6 Å². The van der Waals surface area contributed by atoms with Gasteiger partial charge < -0.3 is 29.3 Å². The summed E-state index contributed by atoms with van der Waals surface area (Å²) in [6, 6.07) is 13.2. The Bertz CT molecular complexity index is 833. The Morgan fingerprint density at radius 3 is 2.34 bits per heavy atom. The first-order valence-corrected chi connectivity index (χ1v) is 9.80. The lowest BCUT2D eigenvalue weighted by Gasteiger charge is -2.36. The molecule has 2 aromatic carbocycles. The fraction of sp³-hybridized carbons (Fsp3) is 0.409. The maximum absolute atomic E-state index is 12.8. The van der Waals surface area contributed by atoms with Gasteiger partial charge in [0.05, 0.1) is 31.7 Å². The van der Waals surface area contributed by atoms with Crippen molar-refractivity contribution in [2.45, 2.75) is 20.0 Å². The summed E-state index contributed by atoms with van der Waals surface area (Å²) < 4.78 is 16.5. The molecule has 29 heavy (non-hydrogen) atoms. The predicted octanol–water partition coefficient (Wildman–Crippen LogP) is 3.85. The number of nitrogens with zero attached hydrogens (tertiary/aromatic N) is 2. The molecule has 156 valence electrons. The van der Waals surface area contributed by atoms with Gasteiger partial charge in [-0.05, 0) is 38.1 Å². The number of carbonyl (C=O) groups is 1. The molecule has 7 nitrogen and oxygen atoms in total. The minimum absolute atomic E-state index is 0.112. The number of rotatable bonds is 6. The van der Waals surface area contributed by atoms with Crippen molar-refractivity contribution in [2.24, 2.45) is 0 Å². The normalized spacial score (nSPS) is 14.0. The summed E-state index contributed by atoms with van der Waals surface area (Å²) in [4.78, 5) is 16.8. The molecular formula is C22H29N3O4. The van der Waals surface area contributed by atoms with Gasteiger partial charge in [-0.25, -0.2) is 4.79 Å². The first-order chi connectivity index (χ1) is 14.0. The average Bonchev–Trinajstić information content (AvgIpc) is 2.73. The Labute approximate surface area is 172 Å². The van der Waals surface area contributed by atoms with Crippen LogP contribution in [0.15, 0.2) is 42.5 Å². The lowest BCUT2D eigenvalue weighted by molar-refractivity contribution is 0.207. The zero-order valence-electron chi connectivity index (χ0n) is 17.5. The summed E-state index contributed by atoms with van der Waals surface area (Å²) >= 11 is 0. The lowest BCUT2D eigenvalue weighted by atomic mass is 10.2. The summed E-state index contributed by atoms with van der Waals surface area (Å²) in [5, 5.41) is 2.94. The van der Waals surface area contributed by atoms with E-state index in [0.29, 0.717) is 30.3 Å². The standard InChI is InChI=1S/C22H29N3O4/c1-16(2)29-21-8-6-5-7-19(21)24-11-13-25(14-12-24)22(26)23-18-15-17(27-3)9-10-20(18)28-4/h5-10,15-16H,11-14H2,1-4H3,(H,23,26). The van der Waals surface area contributed by atoms with E-state index in [4.69, 9.17) is 14.2 Å². The van der Waals surface area contributed by atoms with E-state index >= 15 is 0 Å². The van der Waals surface area contributed by atoms with Gasteiger partial charge in [0.1, 0.15) is 17.2 Å². The van der Waals surface area contributed by atoms with E-state index in [9.17, 15) is 4.79 Å². The number of piperazine rings is 1. The quantitative estimate of drug-likeness (QED) is 0.800. The van der Waals surface area contributed by atoms with Crippen molar-refractivity contribution < 1.29 is 19.0 Å². The zero-order chi connectivity index (χ0) is 20.8. The topological polar surface area (TPSA) is 63.3 Å². The van der Waals surface area contributed by atoms with Gasteiger partial charge in [0.2, 0.25) is 0 Å². The third-order valence-corrected chi connectivity index (χ3v) is 4.78. The number of para-hydroxylation sites is 2. The first kappa shape index (κ1) is 20.6. The summed E-state index contributed by atoms with van der Waals surface area (Å²) in [5.41, 5.74) is 1.66. The Morgan fingerprint density at radius 2 is 1.69 bits per heavy atom. The number of methoxy groups -OCH3 is 2. The number of ether oxygens (including phenoxy) is 3. The average molecular weight is 399 g/mol. The van der Waals surface area contributed by atoms with Gasteiger partial charge in [-0.1, -0.05) is 12.1 Å². The molecule has 0 saturated carbocycles. The van der Waals surface area contributed by atoms with Crippen LogP contribution in [0.5, 0.6) is 17.2 Å². The van der Waals surface area contributed by atoms with Crippen LogP contribution in [0, 0.1) is 0 Å². The van der Waals surface area contributed by atoms with E-state index in [0.717, 1.165) is 24.5 Å². The third-order valence-electron chi connectivity index (χ3n) is 4.78. The van der Waals surface area contributed by atoms with Crippen LogP contribution in [-0.4, -0.2) is 57.4 Å². The Balaban J connectivity index is 1.64. The van der Waals surface area contributed by atoms with Crippen LogP contribution in [0.2, 0.25) is 0 Å². The van der Waals surface area contributed by atoms with Crippen LogP contribution in [0.4, 0.5) is 16.2 Å². The van der Waals surface area contributed by atoms with Crippen molar-refractivity contribution >= 4 is 17.4 Å². The fourth-order valence-electron chi connectivity index (χ4n) is 3.33. The van der Waals surface area contributed by atoms with Crippen LogP contribution in [0.3, 0.4) is 0 Å². The second-order valence-corrected chi connectivity index (χ2v) is 7.10. The number of amides is 2. The first-order valence-electron chi connectivity index (χ1n) is 9.80. The minimum Gasteiger partial charge on any atom is -0.497 e. The Kier molecular flexibility index (Phi) is 6.69. The van der Waals surface area contributed by atoms with Gasteiger partial charge in [0.15, 0.2) is 0 Å². The zero-order valence-corrected chi connectivity index (χ0v) is 17.5. The Hall–Kier alpha value is -3.09. The molecule has 1 heterocycles. The molecule has 2 amide bonds. The molecular weight excluding hydrogens is 370 g/mol. The highest BCUT2D eigenvalue weighted by atomic mass is 16.5. The van der Waals surface area contributed by atoms with E-state index < -0.39 is 0 Å². The van der Waals surface area contributed by atoms with Crippen molar-refractivity contribution in [3.63, 3.8) is 0 Å². The highest BCUT2D eigenvalue weighted by molar-refractivity contribution is 5.91. The SMILES string of the molecule is COc1ccc(OC)c(NC(=O)N2CCN(c3ccccc3OC(C)C)CC2)c1. The van der Waals surface area contributed by atoms with Crippen LogP contribution < -0.4 is 24.4 Å². The molecule has 0 bridgehead atoms. The number of nitrogens with one attached hydrogen (secondary N) is 1. The van der Waals surface area contributed by atoms with Crippen molar-refractivity contribution in [3.05, 3.63) is 42.5 Å². The second kappa shape index (κ2) is 9.41. The van der Waals surface area contributed by atoms with Crippen molar-refractivity contribution in [1.82, 2.24) is 4.90 Å². The largest absolute Gasteiger partial charge is 0.497 e. The van der Waals surface area contributed by atoms with Gasteiger partial charge in [-0.15, -0.1) is 0 Å². The molecule has 0 unspecified atom stereocenters. The van der Waals surface area contributed by atoms with Crippen LogP contribution >= 0.6 is 0 Å². The molecule has 0 aliphatic carbocycles. The fourth-order valence-corrected chi connectivity index (χ4v) is 3.33. The molecule has 1 aliphatic rings. The molecule has 0 radical (unpaired) electrons. The van der Waals surface area contributed by atoms with Crippen molar-refractivity contribution in [1.29, 1.82) is 0 Å². The smallest absolute Gasteiger partial charge is 0.322 e. The molecule has 0 aromatic heterocycles. The molecule has 1 saturated heterocycles. The third kappa shape index (κ3) is 5.04.